The number of hydrogen-bond acceptors (Lipinski definition) is 4. The summed E-state index contributed by atoms with van der Waals surface area (Å²) in [4.78, 5) is 24.1. The van der Waals surface area contributed by atoms with Gasteiger partial charge in [0, 0.05) is 13.0 Å². The number of amides is 1. The zero-order valence-corrected chi connectivity index (χ0v) is 17.8. The predicted octanol–water partition coefficient (Wildman–Crippen LogP) is 4.32. The van der Waals surface area contributed by atoms with Gasteiger partial charge in [-0.2, -0.15) is 0 Å². The topological polar surface area (TPSA) is 87.7 Å². The van der Waals surface area contributed by atoms with Gasteiger partial charge in [-0.3, -0.25) is 4.79 Å². The lowest BCUT2D eigenvalue weighted by molar-refractivity contribution is -0.139. The SMILES string of the molecule is C=CCNC(Oc1ccc(CC(NC(=O)c2ccccc2Cl)C(=O)O)cc1)=C1CCC1. The summed E-state index contributed by atoms with van der Waals surface area (Å²) in [6, 6.07) is 12.6. The third kappa shape index (κ3) is 6.12. The number of halogens is 1. The Morgan fingerprint density at radius 3 is 2.45 bits per heavy atom. The Kier molecular flexibility index (Phi) is 7.73. The minimum absolute atomic E-state index is 0.133. The summed E-state index contributed by atoms with van der Waals surface area (Å²) in [5, 5.41) is 15.6. The molecule has 31 heavy (non-hydrogen) atoms. The normalized spacial score (nSPS) is 13.5. The van der Waals surface area contributed by atoms with Crippen LogP contribution in [-0.2, 0) is 11.2 Å². The summed E-state index contributed by atoms with van der Waals surface area (Å²) in [6.45, 7) is 4.33. The van der Waals surface area contributed by atoms with E-state index in [9.17, 15) is 14.7 Å². The number of carbonyl (C=O) groups excluding carboxylic acids is 1. The number of rotatable bonds is 10. The maximum atomic E-state index is 12.4. The second kappa shape index (κ2) is 10.7. The van der Waals surface area contributed by atoms with Gasteiger partial charge >= 0.3 is 5.97 Å². The van der Waals surface area contributed by atoms with Crippen LogP contribution >= 0.6 is 11.6 Å². The quantitative estimate of drug-likeness (QED) is 0.378. The fourth-order valence-electron chi connectivity index (χ4n) is 3.11. The zero-order valence-electron chi connectivity index (χ0n) is 17.1. The average Bonchev–Trinajstić information content (AvgIpc) is 2.71. The summed E-state index contributed by atoms with van der Waals surface area (Å²) in [5.74, 6) is -0.231. The Bertz CT molecular complexity index is 979. The molecule has 1 fully saturated rings. The first-order valence-corrected chi connectivity index (χ1v) is 10.5. The van der Waals surface area contributed by atoms with Crippen LogP contribution in [0, 0.1) is 0 Å². The van der Waals surface area contributed by atoms with E-state index in [1.54, 1.807) is 54.6 Å². The highest BCUT2D eigenvalue weighted by Gasteiger charge is 2.22. The van der Waals surface area contributed by atoms with Crippen LogP contribution in [0.15, 0.2) is 72.6 Å². The van der Waals surface area contributed by atoms with E-state index in [0.717, 1.165) is 30.7 Å². The monoisotopic (exact) mass is 440 g/mol. The van der Waals surface area contributed by atoms with E-state index in [4.69, 9.17) is 16.3 Å². The molecule has 1 aliphatic rings. The fourth-order valence-corrected chi connectivity index (χ4v) is 3.33. The number of nitrogens with one attached hydrogen (secondary N) is 2. The molecule has 3 rings (SSSR count). The number of allylic oxidation sites excluding steroid dienone is 1. The Hall–Kier alpha value is -3.25. The zero-order chi connectivity index (χ0) is 22.2. The standard InChI is InChI=1S/C24H25ClN2O4/c1-2-14-26-23(17-6-5-7-17)31-18-12-10-16(11-13-18)15-21(24(29)30)27-22(28)19-8-3-4-9-20(19)25/h2-4,8-13,21,26H,1,5-7,14-15H2,(H,27,28)(H,29,30). The van der Waals surface area contributed by atoms with Gasteiger partial charge in [0.25, 0.3) is 5.91 Å². The van der Waals surface area contributed by atoms with Gasteiger partial charge in [0.15, 0.2) is 5.88 Å². The largest absolute Gasteiger partial charge is 0.480 e. The van der Waals surface area contributed by atoms with E-state index < -0.39 is 17.9 Å². The molecule has 2 aromatic carbocycles. The number of hydrogen-bond donors (Lipinski definition) is 3. The first-order chi connectivity index (χ1) is 15.0. The Morgan fingerprint density at radius 1 is 1.16 bits per heavy atom. The van der Waals surface area contributed by atoms with Gasteiger partial charge in [0.05, 0.1) is 10.6 Å². The van der Waals surface area contributed by atoms with Crippen molar-refractivity contribution in [2.75, 3.05) is 6.54 Å². The molecule has 1 unspecified atom stereocenters. The second-order valence-corrected chi connectivity index (χ2v) is 7.66. The molecule has 0 spiro atoms. The van der Waals surface area contributed by atoms with Crippen LogP contribution in [-0.4, -0.2) is 29.6 Å². The van der Waals surface area contributed by atoms with E-state index in [0.29, 0.717) is 12.3 Å². The van der Waals surface area contributed by atoms with Crippen molar-refractivity contribution in [2.24, 2.45) is 0 Å². The second-order valence-electron chi connectivity index (χ2n) is 7.25. The first kappa shape index (κ1) is 22.4. The van der Waals surface area contributed by atoms with Crippen LogP contribution in [0.4, 0.5) is 0 Å². The molecule has 0 radical (unpaired) electrons. The number of ether oxygens (including phenoxy) is 1. The summed E-state index contributed by atoms with van der Waals surface area (Å²) in [6.07, 6.45) is 5.10. The van der Waals surface area contributed by atoms with Gasteiger partial charge in [-0.05, 0) is 54.7 Å². The minimum atomic E-state index is -1.12. The molecule has 7 heteroatoms. The Labute approximate surface area is 186 Å². The van der Waals surface area contributed by atoms with Crippen molar-refractivity contribution in [2.45, 2.75) is 31.7 Å². The summed E-state index contributed by atoms with van der Waals surface area (Å²) < 4.78 is 5.98. The number of carboxylic acid groups (broad SMARTS) is 1. The van der Waals surface area contributed by atoms with Crippen molar-refractivity contribution >= 4 is 23.5 Å². The first-order valence-electron chi connectivity index (χ1n) is 10.1. The van der Waals surface area contributed by atoms with Crippen LogP contribution in [0.1, 0.15) is 35.2 Å². The fraction of sp³-hybridized carbons (Fsp3) is 0.250. The molecule has 1 aliphatic carbocycles. The molecule has 1 saturated carbocycles. The van der Waals surface area contributed by atoms with Gasteiger partial charge in [-0.15, -0.1) is 6.58 Å². The van der Waals surface area contributed by atoms with E-state index in [2.05, 4.69) is 17.2 Å². The lowest BCUT2D eigenvalue weighted by Gasteiger charge is -2.22. The Morgan fingerprint density at radius 2 is 1.87 bits per heavy atom. The molecule has 0 heterocycles. The smallest absolute Gasteiger partial charge is 0.326 e. The molecular weight excluding hydrogens is 416 g/mol. The number of carboxylic acids is 1. The highest BCUT2D eigenvalue weighted by atomic mass is 35.5. The molecule has 2 aromatic rings. The van der Waals surface area contributed by atoms with Gasteiger partial charge < -0.3 is 20.5 Å². The molecule has 6 nitrogen and oxygen atoms in total. The van der Waals surface area contributed by atoms with E-state index >= 15 is 0 Å². The lowest BCUT2D eigenvalue weighted by Crippen LogP contribution is -2.42. The maximum Gasteiger partial charge on any atom is 0.326 e. The van der Waals surface area contributed by atoms with Gasteiger partial charge in [-0.1, -0.05) is 41.9 Å². The lowest BCUT2D eigenvalue weighted by atomic mass is 9.93. The van der Waals surface area contributed by atoms with Crippen LogP contribution in [0.25, 0.3) is 0 Å². The molecule has 0 saturated heterocycles. The molecule has 0 aliphatic heterocycles. The van der Waals surface area contributed by atoms with E-state index in [1.165, 1.54) is 5.57 Å². The molecular formula is C24H25ClN2O4. The van der Waals surface area contributed by atoms with Crippen LogP contribution in [0.2, 0.25) is 5.02 Å². The molecule has 3 N–H and O–H groups in total. The molecule has 0 aromatic heterocycles. The summed E-state index contributed by atoms with van der Waals surface area (Å²) in [7, 11) is 0. The van der Waals surface area contributed by atoms with Crippen molar-refractivity contribution < 1.29 is 19.4 Å². The van der Waals surface area contributed by atoms with Gasteiger partial charge in [0.2, 0.25) is 0 Å². The van der Waals surface area contributed by atoms with Crippen molar-refractivity contribution in [3.05, 3.63) is 88.8 Å². The third-order valence-corrected chi connectivity index (χ3v) is 5.32. The molecule has 0 bridgehead atoms. The van der Waals surface area contributed by atoms with E-state index in [-0.39, 0.29) is 17.0 Å². The highest BCUT2D eigenvalue weighted by molar-refractivity contribution is 6.33. The average molecular weight is 441 g/mol. The number of aliphatic carboxylic acids is 1. The van der Waals surface area contributed by atoms with Crippen molar-refractivity contribution in [3.8, 4) is 5.75 Å². The molecule has 1 atom stereocenters. The summed E-state index contributed by atoms with van der Waals surface area (Å²) >= 11 is 6.03. The third-order valence-electron chi connectivity index (χ3n) is 4.99. The van der Waals surface area contributed by atoms with Crippen LogP contribution in [0.3, 0.4) is 0 Å². The molecule has 162 valence electrons. The predicted molar refractivity (Wildman–Crippen MR) is 120 cm³/mol. The minimum Gasteiger partial charge on any atom is -0.480 e. The van der Waals surface area contributed by atoms with Crippen molar-refractivity contribution in [1.82, 2.24) is 10.6 Å². The van der Waals surface area contributed by atoms with Gasteiger partial charge in [-0.25, -0.2) is 4.79 Å². The van der Waals surface area contributed by atoms with Crippen LogP contribution in [0.5, 0.6) is 5.75 Å². The van der Waals surface area contributed by atoms with Crippen molar-refractivity contribution in [1.29, 1.82) is 0 Å². The number of carbonyl (C=O) groups is 2. The number of benzene rings is 2. The van der Waals surface area contributed by atoms with E-state index in [1.807, 2.05) is 0 Å². The highest BCUT2D eigenvalue weighted by Crippen LogP contribution is 2.29. The molecule has 1 amide bonds. The van der Waals surface area contributed by atoms with Crippen molar-refractivity contribution in [3.63, 3.8) is 0 Å². The summed E-state index contributed by atoms with van der Waals surface area (Å²) in [5.41, 5.74) is 2.25. The van der Waals surface area contributed by atoms with Gasteiger partial charge in [0.1, 0.15) is 11.8 Å². The maximum absolute atomic E-state index is 12.4. The van der Waals surface area contributed by atoms with Crippen LogP contribution < -0.4 is 15.4 Å². The Balaban J connectivity index is 1.65.